The maximum absolute atomic E-state index is 5.56. The van der Waals surface area contributed by atoms with Gasteiger partial charge in [-0.25, -0.2) is 0 Å². The van der Waals surface area contributed by atoms with Gasteiger partial charge in [0.15, 0.2) is 0 Å². The molecule has 2 aliphatic rings. The van der Waals surface area contributed by atoms with Crippen molar-refractivity contribution < 1.29 is 4.74 Å². The lowest BCUT2D eigenvalue weighted by atomic mass is 9.77. The van der Waals surface area contributed by atoms with E-state index in [2.05, 4.69) is 19.2 Å². The third kappa shape index (κ3) is 3.96. The van der Waals surface area contributed by atoms with Gasteiger partial charge < -0.3 is 10.1 Å². The Kier molecular flexibility index (Phi) is 5.30. The molecule has 1 N–H and O–H groups in total. The van der Waals surface area contributed by atoms with Crippen LogP contribution in [0.4, 0.5) is 0 Å². The minimum atomic E-state index is 0.762. The molecule has 1 aliphatic heterocycles. The van der Waals surface area contributed by atoms with E-state index in [0.29, 0.717) is 0 Å². The zero-order valence-corrected chi connectivity index (χ0v) is 11.6. The van der Waals surface area contributed by atoms with Gasteiger partial charge in [0.2, 0.25) is 0 Å². The highest BCUT2D eigenvalue weighted by Crippen LogP contribution is 2.30. The normalized spacial score (nSPS) is 35.1. The van der Waals surface area contributed by atoms with Crippen molar-refractivity contribution in [2.45, 2.75) is 58.4 Å². The molecule has 1 saturated carbocycles. The molecule has 0 aromatic carbocycles. The van der Waals surface area contributed by atoms with Gasteiger partial charge in [-0.1, -0.05) is 26.7 Å². The van der Waals surface area contributed by atoms with E-state index in [0.717, 1.165) is 37.0 Å². The second-order valence-electron chi connectivity index (χ2n) is 6.29. The lowest BCUT2D eigenvalue weighted by molar-refractivity contribution is 0.0512. The van der Waals surface area contributed by atoms with E-state index >= 15 is 0 Å². The van der Waals surface area contributed by atoms with Crippen molar-refractivity contribution in [1.29, 1.82) is 0 Å². The molecule has 3 atom stereocenters. The SMILES string of the molecule is CC(C)C1CCCCC1NCC1CCCOC1. The summed E-state index contributed by atoms with van der Waals surface area (Å²) >= 11 is 0. The van der Waals surface area contributed by atoms with Crippen LogP contribution < -0.4 is 5.32 Å². The second-order valence-corrected chi connectivity index (χ2v) is 6.29. The van der Waals surface area contributed by atoms with E-state index in [9.17, 15) is 0 Å². The van der Waals surface area contributed by atoms with Crippen molar-refractivity contribution in [3.8, 4) is 0 Å². The maximum atomic E-state index is 5.56. The van der Waals surface area contributed by atoms with Crippen LogP contribution in [0.15, 0.2) is 0 Å². The molecular weight excluding hydrogens is 210 g/mol. The summed E-state index contributed by atoms with van der Waals surface area (Å²) in [5, 5.41) is 3.84. The third-order valence-electron chi connectivity index (χ3n) is 4.60. The summed E-state index contributed by atoms with van der Waals surface area (Å²) in [4.78, 5) is 0. The van der Waals surface area contributed by atoms with Gasteiger partial charge in [0, 0.05) is 19.2 Å². The van der Waals surface area contributed by atoms with Crippen LogP contribution in [0.1, 0.15) is 52.4 Å². The first kappa shape index (κ1) is 13.4. The minimum Gasteiger partial charge on any atom is -0.381 e. The van der Waals surface area contributed by atoms with E-state index in [1.165, 1.54) is 45.1 Å². The Labute approximate surface area is 107 Å². The molecule has 3 unspecified atom stereocenters. The van der Waals surface area contributed by atoms with E-state index < -0.39 is 0 Å². The van der Waals surface area contributed by atoms with Crippen molar-refractivity contribution in [2.75, 3.05) is 19.8 Å². The minimum absolute atomic E-state index is 0.762. The molecule has 0 spiro atoms. The van der Waals surface area contributed by atoms with Gasteiger partial charge in [0.1, 0.15) is 0 Å². The quantitative estimate of drug-likeness (QED) is 0.813. The molecule has 0 aromatic heterocycles. The van der Waals surface area contributed by atoms with Crippen molar-refractivity contribution in [1.82, 2.24) is 5.32 Å². The van der Waals surface area contributed by atoms with Gasteiger partial charge >= 0.3 is 0 Å². The fraction of sp³-hybridized carbons (Fsp3) is 1.00. The Morgan fingerprint density at radius 1 is 1.12 bits per heavy atom. The molecule has 0 radical (unpaired) electrons. The van der Waals surface area contributed by atoms with Crippen LogP contribution in [0.3, 0.4) is 0 Å². The molecule has 17 heavy (non-hydrogen) atoms. The van der Waals surface area contributed by atoms with E-state index in [1.54, 1.807) is 0 Å². The van der Waals surface area contributed by atoms with Crippen molar-refractivity contribution >= 4 is 0 Å². The molecule has 100 valence electrons. The number of rotatable bonds is 4. The Balaban J connectivity index is 1.75. The van der Waals surface area contributed by atoms with Crippen molar-refractivity contribution in [3.63, 3.8) is 0 Å². The van der Waals surface area contributed by atoms with Gasteiger partial charge in [0.05, 0.1) is 6.61 Å². The summed E-state index contributed by atoms with van der Waals surface area (Å²) in [6, 6.07) is 0.769. The van der Waals surface area contributed by atoms with Crippen LogP contribution in [0.2, 0.25) is 0 Å². The highest BCUT2D eigenvalue weighted by molar-refractivity contribution is 4.83. The largest absolute Gasteiger partial charge is 0.381 e. The summed E-state index contributed by atoms with van der Waals surface area (Å²) < 4.78 is 5.56. The predicted molar refractivity (Wildman–Crippen MR) is 72.1 cm³/mol. The first-order valence-electron chi connectivity index (χ1n) is 7.58. The fourth-order valence-corrected chi connectivity index (χ4v) is 3.50. The Morgan fingerprint density at radius 2 is 1.94 bits per heavy atom. The molecule has 2 nitrogen and oxygen atoms in total. The van der Waals surface area contributed by atoms with Gasteiger partial charge in [-0.2, -0.15) is 0 Å². The molecule has 1 aliphatic carbocycles. The molecule has 1 saturated heterocycles. The molecule has 2 rings (SSSR count). The number of ether oxygens (including phenoxy) is 1. The molecule has 0 aromatic rings. The van der Waals surface area contributed by atoms with Gasteiger partial charge in [-0.3, -0.25) is 0 Å². The fourth-order valence-electron chi connectivity index (χ4n) is 3.50. The maximum Gasteiger partial charge on any atom is 0.0506 e. The lowest BCUT2D eigenvalue weighted by Crippen LogP contribution is -2.43. The Hall–Kier alpha value is -0.0800. The summed E-state index contributed by atoms with van der Waals surface area (Å²) in [6.07, 6.45) is 8.28. The van der Waals surface area contributed by atoms with E-state index in [1.807, 2.05) is 0 Å². The Morgan fingerprint density at radius 3 is 2.65 bits per heavy atom. The van der Waals surface area contributed by atoms with Gasteiger partial charge in [0.25, 0.3) is 0 Å². The summed E-state index contributed by atoms with van der Waals surface area (Å²) in [5.74, 6) is 2.49. The second kappa shape index (κ2) is 6.75. The monoisotopic (exact) mass is 239 g/mol. The van der Waals surface area contributed by atoms with Crippen LogP contribution in [0, 0.1) is 17.8 Å². The first-order chi connectivity index (χ1) is 8.27. The molecule has 0 amide bonds. The number of nitrogens with one attached hydrogen (secondary N) is 1. The lowest BCUT2D eigenvalue weighted by Gasteiger charge is -2.36. The molecule has 1 heterocycles. The van der Waals surface area contributed by atoms with Crippen LogP contribution in [-0.4, -0.2) is 25.8 Å². The third-order valence-corrected chi connectivity index (χ3v) is 4.60. The zero-order chi connectivity index (χ0) is 12.1. The number of hydrogen-bond donors (Lipinski definition) is 1. The first-order valence-corrected chi connectivity index (χ1v) is 7.58. The van der Waals surface area contributed by atoms with Gasteiger partial charge in [-0.15, -0.1) is 0 Å². The highest BCUT2D eigenvalue weighted by atomic mass is 16.5. The van der Waals surface area contributed by atoms with E-state index in [4.69, 9.17) is 4.74 Å². The standard InChI is InChI=1S/C15H29NO/c1-12(2)14-7-3-4-8-15(14)16-10-13-6-5-9-17-11-13/h12-16H,3-11H2,1-2H3. The Bertz CT molecular complexity index is 211. The van der Waals surface area contributed by atoms with Crippen molar-refractivity contribution in [2.24, 2.45) is 17.8 Å². The molecular formula is C15H29NO. The molecule has 2 heteroatoms. The summed E-state index contributed by atoms with van der Waals surface area (Å²) in [7, 11) is 0. The molecule has 2 fully saturated rings. The van der Waals surface area contributed by atoms with Crippen LogP contribution in [0.5, 0.6) is 0 Å². The molecule has 0 bridgehead atoms. The zero-order valence-electron chi connectivity index (χ0n) is 11.6. The van der Waals surface area contributed by atoms with Gasteiger partial charge in [-0.05, 0) is 43.4 Å². The summed E-state index contributed by atoms with van der Waals surface area (Å²) in [5.41, 5.74) is 0. The average Bonchev–Trinajstić information content (AvgIpc) is 2.38. The highest BCUT2D eigenvalue weighted by Gasteiger charge is 2.27. The smallest absolute Gasteiger partial charge is 0.0506 e. The number of hydrogen-bond acceptors (Lipinski definition) is 2. The predicted octanol–water partition coefficient (Wildman–Crippen LogP) is 3.22. The van der Waals surface area contributed by atoms with Crippen molar-refractivity contribution in [3.05, 3.63) is 0 Å². The topological polar surface area (TPSA) is 21.3 Å². The van der Waals surface area contributed by atoms with E-state index in [-0.39, 0.29) is 0 Å². The summed E-state index contributed by atoms with van der Waals surface area (Å²) in [6.45, 7) is 7.90. The van der Waals surface area contributed by atoms with Crippen LogP contribution >= 0.6 is 0 Å². The average molecular weight is 239 g/mol. The van der Waals surface area contributed by atoms with Crippen LogP contribution in [-0.2, 0) is 4.74 Å². The van der Waals surface area contributed by atoms with Crippen LogP contribution in [0.25, 0.3) is 0 Å².